The highest BCUT2D eigenvalue weighted by Gasteiger charge is 2.06. The first-order valence-electron chi connectivity index (χ1n) is 8.84. The minimum absolute atomic E-state index is 0.116. The predicted molar refractivity (Wildman–Crippen MR) is 106 cm³/mol. The Morgan fingerprint density at radius 2 is 1.81 bits per heavy atom. The number of methoxy groups -OCH3 is 2. The van der Waals surface area contributed by atoms with Crippen LogP contribution >= 0.6 is 0 Å². The van der Waals surface area contributed by atoms with E-state index in [0.29, 0.717) is 28.7 Å². The number of rotatable bonds is 9. The van der Waals surface area contributed by atoms with Crippen molar-refractivity contribution in [3.63, 3.8) is 0 Å². The first-order valence-corrected chi connectivity index (χ1v) is 8.84. The van der Waals surface area contributed by atoms with Gasteiger partial charge in [-0.3, -0.25) is 4.79 Å². The minimum Gasteiger partial charge on any atom is -0.497 e. The van der Waals surface area contributed by atoms with Gasteiger partial charge in [-0.05, 0) is 48.2 Å². The lowest BCUT2D eigenvalue weighted by Gasteiger charge is -2.10. The molecule has 6 heteroatoms. The fourth-order valence-corrected chi connectivity index (χ4v) is 2.42. The Bertz CT molecular complexity index is 772. The molecule has 0 bridgehead atoms. The van der Waals surface area contributed by atoms with Crippen molar-refractivity contribution in [3.8, 4) is 17.2 Å². The molecule has 0 saturated carbocycles. The van der Waals surface area contributed by atoms with E-state index in [2.05, 4.69) is 24.4 Å². The maximum atomic E-state index is 11.9. The van der Waals surface area contributed by atoms with E-state index in [4.69, 9.17) is 14.2 Å². The number of nitrogens with zero attached hydrogens (tertiary/aromatic N) is 1. The Morgan fingerprint density at radius 1 is 1.11 bits per heavy atom. The van der Waals surface area contributed by atoms with Gasteiger partial charge in [0.1, 0.15) is 17.2 Å². The number of nitrogens with one attached hydrogen (secondary N) is 1. The standard InChI is InChI=1S/C21H26N2O4/c1-5-15(2)16-6-8-18(9-7-16)27-14-21(24)23-22-13-17-12-19(25-3)10-11-20(17)26-4/h6-13,15H,5,14H2,1-4H3,(H,23,24)/b22-13-/t15-/m0/s1. The molecule has 0 unspecified atom stereocenters. The molecule has 0 aliphatic rings. The van der Waals surface area contributed by atoms with Gasteiger partial charge < -0.3 is 14.2 Å². The van der Waals surface area contributed by atoms with Gasteiger partial charge in [-0.1, -0.05) is 26.0 Å². The Hall–Kier alpha value is -3.02. The van der Waals surface area contributed by atoms with Gasteiger partial charge in [-0.15, -0.1) is 0 Å². The average molecular weight is 370 g/mol. The van der Waals surface area contributed by atoms with Crippen molar-refractivity contribution in [1.29, 1.82) is 0 Å². The van der Waals surface area contributed by atoms with Gasteiger partial charge in [-0.2, -0.15) is 5.10 Å². The molecule has 2 aromatic rings. The highest BCUT2D eigenvalue weighted by atomic mass is 16.5. The normalized spacial score (nSPS) is 11.9. The molecule has 1 N–H and O–H groups in total. The Morgan fingerprint density at radius 3 is 2.44 bits per heavy atom. The molecule has 0 spiro atoms. The third kappa shape index (κ3) is 6.02. The molecule has 27 heavy (non-hydrogen) atoms. The number of carbonyl (C=O) groups excluding carboxylic acids is 1. The zero-order valence-corrected chi connectivity index (χ0v) is 16.2. The summed E-state index contributed by atoms with van der Waals surface area (Å²) in [5.74, 6) is 2.11. The molecule has 0 radical (unpaired) electrons. The van der Waals surface area contributed by atoms with Crippen molar-refractivity contribution in [3.05, 3.63) is 53.6 Å². The lowest BCUT2D eigenvalue weighted by atomic mass is 9.99. The van der Waals surface area contributed by atoms with Crippen LogP contribution in [0.2, 0.25) is 0 Å². The summed E-state index contributed by atoms with van der Waals surface area (Å²) in [6, 6.07) is 13.1. The molecule has 2 aromatic carbocycles. The van der Waals surface area contributed by atoms with Crippen LogP contribution in [0.5, 0.6) is 17.2 Å². The smallest absolute Gasteiger partial charge is 0.277 e. The fourth-order valence-electron chi connectivity index (χ4n) is 2.42. The molecule has 0 aromatic heterocycles. The number of hydrogen-bond acceptors (Lipinski definition) is 5. The van der Waals surface area contributed by atoms with Gasteiger partial charge in [0.2, 0.25) is 0 Å². The second-order valence-electron chi connectivity index (χ2n) is 6.07. The number of benzene rings is 2. The zero-order chi connectivity index (χ0) is 19.6. The highest BCUT2D eigenvalue weighted by molar-refractivity contribution is 5.86. The number of amides is 1. The van der Waals surface area contributed by atoms with Crippen LogP contribution in [0.1, 0.15) is 37.3 Å². The summed E-state index contributed by atoms with van der Waals surface area (Å²) in [5, 5.41) is 3.95. The molecule has 2 rings (SSSR count). The summed E-state index contributed by atoms with van der Waals surface area (Å²) in [5.41, 5.74) is 4.39. The second-order valence-corrected chi connectivity index (χ2v) is 6.07. The van der Waals surface area contributed by atoms with Gasteiger partial charge in [-0.25, -0.2) is 5.43 Å². The summed E-state index contributed by atoms with van der Waals surface area (Å²) in [6.45, 7) is 4.22. The summed E-state index contributed by atoms with van der Waals surface area (Å²) in [7, 11) is 3.15. The molecule has 0 fully saturated rings. The number of carbonyl (C=O) groups is 1. The van der Waals surface area contributed by atoms with E-state index in [-0.39, 0.29) is 12.5 Å². The lowest BCUT2D eigenvalue weighted by molar-refractivity contribution is -0.123. The Kier molecular flexibility index (Phi) is 7.67. The van der Waals surface area contributed by atoms with Crippen LogP contribution in [0.4, 0.5) is 0 Å². The maximum Gasteiger partial charge on any atom is 0.277 e. The first kappa shape index (κ1) is 20.3. The fraction of sp³-hybridized carbons (Fsp3) is 0.333. The average Bonchev–Trinajstić information content (AvgIpc) is 2.71. The summed E-state index contributed by atoms with van der Waals surface area (Å²) < 4.78 is 15.9. The molecule has 0 aliphatic heterocycles. The first-order chi connectivity index (χ1) is 13.1. The summed E-state index contributed by atoms with van der Waals surface area (Å²) in [4.78, 5) is 11.9. The number of hydrogen-bond donors (Lipinski definition) is 1. The van der Waals surface area contributed by atoms with Crippen LogP contribution in [-0.4, -0.2) is 32.9 Å². The van der Waals surface area contributed by atoms with Crippen molar-refractivity contribution in [2.45, 2.75) is 26.2 Å². The van der Waals surface area contributed by atoms with Crippen molar-refractivity contribution in [2.24, 2.45) is 5.10 Å². The number of hydrazone groups is 1. The van der Waals surface area contributed by atoms with Crippen LogP contribution < -0.4 is 19.6 Å². The van der Waals surface area contributed by atoms with Crippen molar-refractivity contribution < 1.29 is 19.0 Å². The van der Waals surface area contributed by atoms with Gasteiger partial charge >= 0.3 is 0 Å². The van der Waals surface area contributed by atoms with Crippen molar-refractivity contribution in [1.82, 2.24) is 5.43 Å². The third-order valence-corrected chi connectivity index (χ3v) is 4.26. The van der Waals surface area contributed by atoms with Crippen LogP contribution in [0.3, 0.4) is 0 Å². The van der Waals surface area contributed by atoms with E-state index in [9.17, 15) is 4.79 Å². The predicted octanol–water partition coefficient (Wildman–Crippen LogP) is 3.75. The molecule has 1 amide bonds. The molecule has 0 aliphatic carbocycles. The van der Waals surface area contributed by atoms with Crippen LogP contribution in [0, 0.1) is 0 Å². The van der Waals surface area contributed by atoms with E-state index in [1.165, 1.54) is 11.8 Å². The van der Waals surface area contributed by atoms with Crippen LogP contribution in [0.25, 0.3) is 0 Å². The Labute approximate surface area is 160 Å². The SMILES string of the molecule is CC[C@H](C)c1ccc(OCC(=O)N/N=C\c2cc(OC)ccc2OC)cc1. The van der Waals surface area contributed by atoms with Gasteiger partial charge in [0, 0.05) is 5.56 Å². The summed E-state index contributed by atoms with van der Waals surface area (Å²) >= 11 is 0. The summed E-state index contributed by atoms with van der Waals surface area (Å²) in [6.07, 6.45) is 2.58. The molecule has 1 atom stereocenters. The molecule has 0 saturated heterocycles. The molecule has 6 nitrogen and oxygen atoms in total. The second kappa shape index (κ2) is 10.2. The monoisotopic (exact) mass is 370 g/mol. The van der Waals surface area contributed by atoms with Crippen LogP contribution in [0.15, 0.2) is 47.6 Å². The van der Waals surface area contributed by atoms with Gasteiger partial charge in [0.25, 0.3) is 5.91 Å². The maximum absolute atomic E-state index is 11.9. The van der Waals surface area contributed by atoms with Crippen molar-refractivity contribution >= 4 is 12.1 Å². The van der Waals surface area contributed by atoms with Crippen LogP contribution in [-0.2, 0) is 4.79 Å². The minimum atomic E-state index is -0.348. The quantitative estimate of drug-likeness (QED) is 0.539. The van der Waals surface area contributed by atoms with E-state index >= 15 is 0 Å². The Balaban J connectivity index is 1.86. The topological polar surface area (TPSA) is 69.2 Å². The highest BCUT2D eigenvalue weighted by Crippen LogP contribution is 2.22. The van der Waals surface area contributed by atoms with Gasteiger partial charge in [0.15, 0.2) is 6.61 Å². The van der Waals surface area contributed by atoms with E-state index in [1.54, 1.807) is 32.4 Å². The van der Waals surface area contributed by atoms with E-state index < -0.39 is 0 Å². The molecular formula is C21H26N2O4. The zero-order valence-electron chi connectivity index (χ0n) is 16.2. The van der Waals surface area contributed by atoms with E-state index in [0.717, 1.165) is 6.42 Å². The van der Waals surface area contributed by atoms with Gasteiger partial charge in [0.05, 0.1) is 20.4 Å². The molecular weight excluding hydrogens is 344 g/mol. The lowest BCUT2D eigenvalue weighted by Crippen LogP contribution is -2.24. The largest absolute Gasteiger partial charge is 0.497 e. The third-order valence-electron chi connectivity index (χ3n) is 4.26. The molecule has 144 valence electrons. The number of ether oxygens (including phenoxy) is 3. The van der Waals surface area contributed by atoms with E-state index in [1.807, 2.05) is 24.3 Å². The molecule has 0 heterocycles. The van der Waals surface area contributed by atoms with Crippen molar-refractivity contribution in [2.75, 3.05) is 20.8 Å².